The van der Waals surface area contributed by atoms with Crippen LogP contribution in [0.15, 0.2) is 60.7 Å². The monoisotopic (exact) mass is 380 g/mol. The molecule has 5 heteroatoms. The molecule has 138 valence electrons. The highest BCUT2D eigenvalue weighted by molar-refractivity contribution is 6.33. The fourth-order valence-corrected chi connectivity index (χ4v) is 4.06. The molecule has 0 aliphatic carbocycles. The minimum atomic E-state index is -0.305. The van der Waals surface area contributed by atoms with Gasteiger partial charge in [0.05, 0.1) is 16.6 Å². The number of amides is 2. The molecule has 2 aliphatic rings. The van der Waals surface area contributed by atoms with Crippen LogP contribution >= 0.6 is 11.6 Å². The summed E-state index contributed by atoms with van der Waals surface area (Å²) in [4.78, 5) is 28.9. The van der Waals surface area contributed by atoms with E-state index in [-0.39, 0.29) is 24.2 Å². The van der Waals surface area contributed by atoms with Crippen molar-refractivity contribution in [3.05, 3.63) is 71.3 Å². The van der Waals surface area contributed by atoms with Gasteiger partial charge >= 0.3 is 0 Å². The summed E-state index contributed by atoms with van der Waals surface area (Å²) in [5.41, 5.74) is 3.18. The molecule has 0 radical (unpaired) electrons. The van der Waals surface area contributed by atoms with E-state index in [1.165, 1.54) is 11.1 Å². The Morgan fingerprint density at radius 3 is 2.48 bits per heavy atom. The van der Waals surface area contributed by atoms with Crippen LogP contribution in [0.25, 0.3) is 5.57 Å². The molecular formula is C22H21ClN2O2. The molecule has 2 aromatic carbocycles. The molecule has 27 heavy (non-hydrogen) atoms. The summed E-state index contributed by atoms with van der Waals surface area (Å²) in [7, 11) is 0. The number of carbonyl (C=O) groups excluding carboxylic acids is 2. The van der Waals surface area contributed by atoms with Crippen molar-refractivity contribution in [1.29, 1.82) is 0 Å². The van der Waals surface area contributed by atoms with Crippen LogP contribution in [0.1, 0.15) is 18.4 Å². The molecule has 4 rings (SSSR count). The first kappa shape index (κ1) is 17.8. The van der Waals surface area contributed by atoms with Crippen molar-refractivity contribution in [1.82, 2.24) is 4.90 Å². The van der Waals surface area contributed by atoms with Crippen LogP contribution in [0.2, 0.25) is 5.02 Å². The molecule has 0 N–H and O–H groups in total. The van der Waals surface area contributed by atoms with Crippen LogP contribution in [0.4, 0.5) is 5.69 Å². The second kappa shape index (κ2) is 7.57. The predicted molar refractivity (Wildman–Crippen MR) is 108 cm³/mol. The first-order valence-corrected chi connectivity index (χ1v) is 9.59. The maximum absolute atomic E-state index is 12.9. The summed E-state index contributed by atoms with van der Waals surface area (Å²) < 4.78 is 0. The van der Waals surface area contributed by atoms with Crippen LogP contribution in [0.3, 0.4) is 0 Å². The molecular weight excluding hydrogens is 360 g/mol. The quantitative estimate of drug-likeness (QED) is 0.807. The minimum Gasteiger partial charge on any atom is -0.338 e. The lowest BCUT2D eigenvalue weighted by Crippen LogP contribution is -2.39. The highest BCUT2D eigenvalue weighted by Gasteiger charge is 2.38. The van der Waals surface area contributed by atoms with E-state index in [4.69, 9.17) is 11.6 Å². The smallest absolute Gasteiger partial charge is 0.228 e. The van der Waals surface area contributed by atoms with Crippen molar-refractivity contribution in [2.75, 3.05) is 24.5 Å². The lowest BCUT2D eigenvalue weighted by atomic mass is 9.98. The Kier molecular flexibility index (Phi) is 4.99. The van der Waals surface area contributed by atoms with E-state index >= 15 is 0 Å². The van der Waals surface area contributed by atoms with Crippen molar-refractivity contribution in [2.24, 2.45) is 5.92 Å². The van der Waals surface area contributed by atoms with Gasteiger partial charge in [-0.15, -0.1) is 0 Å². The topological polar surface area (TPSA) is 40.6 Å². The fraction of sp³-hybridized carbons (Fsp3) is 0.273. The third-order valence-electron chi connectivity index (χ3n) is 5.28. The normalized spacial score (nSPS) is 20.0. The maximum atomic E-state index is 12.9. The number of nitrogens with zero attached hydrogens (tertiary/aromatic N) is 2. The van der Waals surface area contributed by atoms with Crippen molar-refractivity contribution in [2.45, 2.75) is 12.8 Å². The zero-order valence-electron chi connectivity index (χ0n) is 15.0. The Hall–Kier alpha value is -2.59. The average Bonchev–Trinajstić information content (AvgIpc) is 3.10. The number of anilines is 1. The summed E-state index contributed by atoms with van der Waals surface area (Å²) in [6.45, 7) is 1.68. The van der Waals surface area contributed by atoms with Gasteiger partial charge in [0.2, 0.25) is 11.8 Å². The molecule has 0 bridgehead atoms. The van der Waals surface area contributed by atoms with Crippen molar-refractivity contribution in [3.8, 4) is 0 Å². The Morgan fingerprint density at radius 2 is 1.78 bits per heavy atom. The first-order valence-electron chi connectivity index (χ1n) is 9.21. The number of para-hydroxylation sites is 1. The number of hydrogen-bond acceptors (Lipinski definition) is 2. The van der Waals surface area contributed by atoms with Gasteiger partial charge in [0.15, 0.2) is 0 Å². The predicted octanol–water partition coefficient (Wildman–Crippen LogP) is 4.01. The van der Waals surface area contributed by atoms with Gasteiger partial charge in [-0.05, 0) is 29.7 Å². The molecule has 2 heterocycles. The van der Waals surface area contributed by atoms with E-state index in [2.05, 4.69) is 18.2 Å². The van der Waals surface area contributed by atoms with Gasteiger partial charge in [-0.2, -0.15) is 0 Å². The number of carbonyl (C=O) groups is 2. The first-order chi connectivity index (χ1) is 13.1. The van der Waals surface area contributed by atoms with Gasteiger partial charge in [-0.3, -0.25) is 9.59 Å². The van der Waals surface area contributed by atoms with Crippen LogP contribution in [-0.2, 0) is 9.59 Å². The Morgan fingerprint density at radius 1 is 1.04 bits per heavy atom. The summed E-state index contributed by atoms with van der Waals surface area (Å²) in [5, 5.41) is 0.535. The standard InChI is InChI=1S/C22H21ClN2O2/c23-19-8-4-5-9-20(19)25-15-18(14-21(25)26)22(27)24-12-10-17(11-13-24)16-6-2-1-3-7-16/h1-10,18H,11-15H2/t18-/m1/s1. The third kappa shape index (κ3) is 3.62. The SMILES string of the molecule is O=C([C@@H]1CC(=O)N(c2ccccc2Cl)C1)N1CC=C(c2ccccc2)CC1. The molecule has 0 aromatic heterocycles. The highest BCUT2D eigenvalue weighted by atomic mass is 35.5. The van der Waals surface area contributed by atoms with E-state index in [9.17, 15) is 9.59 Å². The van der Waals surface area contributed by atoms with Gasteiger partial charge < -0.3 is 9.80 Å². The van der Waals surface area contributed by atoms with Gasteiger partial charge in [-0.1, -0.05) is 60.1 Å². The number of hydrogen-bond donors (Lipinski definition) is 0. The van der Waals surface area contributed by atoms with Gasteiger partial charge in [0.25, 0.3) is 0 Å². The van der Waals surface area contributed by atoms with Gasteiger partial charge in [0.1, 0.15) is 0 Å². The summed E-state index contributed by atoms with van der Waals surface area (Å²) in [5.74, 6) is -0.291. The van der Waals surface area contributed by atoms with Gasteiger partial charge in [0, 0.05) is 26.1 Å². The van der Waals surface area contributed by atoms with E-state index in [0.717, 1.165) is 6.42 Å². The van der Waals surface area contributed by atoms with Crippen LogP contribution in [-0.4, -0.2) is 36.3 Å². The zero-order chi connectivity index (χ0) is 18.8. The molecule has 4 nitrogen and oxygen atoms in total. The molecule has 2 amide bonds. The van der Waals surface area contributed by atoms with Crippen molar-refractivity contribution in [3.63, 3.8) is 0 Å². The molecule has 2 aromatic rings. The second-order valence-electron chi connectivity index (χ2n) is 6.99. The Bertz CT molecular complexity index is 894. The molecule has 0 saturated carbocycles. The molecule has 0 unspecified atom stereocenters. The fourth-order valence-electron chi connectivity index (χ4n) is 3.82. The Balaban J connectivity index is 1.43. The zero-order valence-corrected chi connectivity index (χ0v) is 15.7. The molecule has 1 saturated heterocycles. The summed E-state index contributed by atoms with van der Waals surface area (Å²) >= 11 is 6.22. The number of rotatable bonds is 3. The van der Waals surface area contributed by atoms with E-state index in [1.54, 1.807) is 11.0 Å². The minimum absolute atomic E-state index is 0.0426. The maximum Gasteiger partial charge on any atom is 0.228 e. The van der Waals surface area contributed by atoms with Crippen molar-refractivity contribution < 1.29 is 9.59 Å². The van der Waals surface area contributed by atoms with Crippen LogP contribution < -0.4 is 4.90 Å². The number of benzene rings is 2. The molecule has 1 atom stereocenters. The lowest BCUT2D eigenvalue weighted by molar-refractivity contribution is -0.135. The molecule has 1 fully saturated rings. The van der Waals surface area contributed by atoms with Gasteiger partial charge in [-0.25, -0.2) is 0 Å². The largest absolute Gasteiger partial charge is 0.338 e. The van der Waals surface area contributed by atoms with Crippen molar-refractivity contribution >= 4 is 34.7 Å². The summed E-state index contributed by atoms with van der Waals surface area (Å²) in [6, 6.07) is 17.5. The van der Waals surface area contributed by atoms with E-state index in [0.29, 0.717) is 30.3 Å². The number of halogens is 1. The average molecular weight is 381 g/mol. The van der Waals surface area contributed by atoms with E-state index in [1.807, 2.05) is 41.3 Å². The highest BCUT2D eigenvalue weighted by Crippen LogP contribution is 2.32. The molecule has 0 spiro atoms. The molecule has 2 aliphatic heterocycles. The van der Waals surface area contributed by atoms with Crippen LogP contribution in [0, 0.1) is 5.92 Å². The second-order valence-corrected chi connectivity index (χ2v) is 7.39. The summed E-state index contributed by atoms with van der Waals surface area (Å²) in [6.07, 6.45) is 3.21. The van der Waals surface area contributed by atoms with E-state index < -0.39 is 0 Å². The lowest BCUT2D eigenvalue weighted by Gasteiger charge is -2.29. The van der Waals surface area contributed by atoms with Crippen LogP contribution in [0.5, 0.6) is 0 Å². The third-order valence-corrected chi connectivity index (χ3v) is 5.60. The Labute approximate surface area is 164 Å².